The van der Waals surface area contributed by atoms with Gasteiger partial charge in [-0.1, -0.05) is 32.0 Å². The van der Waals surface area contributed by atoms with Crippen molar-refractivity contribution in [2.24, 2.45) is 5.92 Å². The summed E-state index contributed by atoms with van der Waals surface area (Å²) in [5, 5.41) is 10.3. The van der Waals surface area contributed by atoms with Gasteiger partial charge in [-0.2, -0.15) is 0 Å². The molecule has 0 spiro atoms. The van der Waals surface area contributed by atoms with Crippen LogP contribution < -0.4 is 4.74 Å². The van der Waals surface area contributed by atoms with E-state index in [0.29, 0.717) is 5.92 Å². The molecule has 2 rings (SSSR count). The van der Waals surface area contributed by atoms with Crippen LogP contribution in [0.2, 0.25) is 0 Å². The molecule has 0 saturated carbocycles. The number of aliphatic hydroxyl groups is 1. The largest absolute Gasteiger partial charge is 0.493 e. The van der Waals surface area contributed by atoms with Gasteiger partial charge in [-0.25, -0.2) is 0 Å². The Bertz CT molecular complexity index is 421. The normalized spacial score (nSPS) is 23.2. The number of hydrogen-bond acceptors (Lipinski definition) is 3. The molecule has 2 unspecified atom stereocenters. The van der Waals surface area contributed by atoms with Crippen molar-refractivity contribution in [2.45, 2.75) is 45.6 Å². The number of ether oxygens (including phenoxy) is 1. The monoisotopic (exact) mass is 291 g/mol. The number of likely N-dealkylation sites (tertiary alicyclic amines) is 1. The van der Waals surface area contributed by atoms with Crippen molar-refractivity contribution in [3.8, 4) is 5.75 Å². The second kappa shape index (κ2) is 8.40. The molecule has 1 fully saturated rings. The number of benzene rings is 1. The van der Waals surface area contributed by atoms with E-state index in [9.17, 15) is 5.11 Å². The van der Waals surface area contributed by atoms with Crippen molar-refractivity contribution in [1.29, 1.82) is 0 Å². The molecule has 1 aromatic rings. The van der Waals surface area contributed by atoms with Crippen LogP contribution in [0.4, 0.5) is 0 Å². The molecule has 1 aromatic carbocycles. The molecular formula is C18H29NO2. The van der Waals surface area contributed by atoms with E-state index >= 15 is 0 Å². The Kier molecular flexibility index (Phi) is 6.52. The maximum atomic E-state index is 10.3. The highest BCUT2D eigenvalue weighted by atomic mass is 16.5. The third kappa shape index (κ3) is 4.72. The van der Waals surface area contributed by atoms with Crippen LogP contribution in [0.5, 0.6) is 5.75 Å². The first-order valence-electron chi connectivity index (χ1n) is 8.35. The Labute approximate surface area is 128 Å². The first-order chi connectivity index (χ1) is 10.2. The standard InChI is InChI=1S/C18H29NO2/c1-3-10-19-11-9-17(20)16(14-19)13-15-7-5-6-8-18(15)21-12-4-2/h5-8,16-17,20H,3-4,9-14H2,1-2H3. The number of rotatable bonds is 7. The highest BCUT2D eigenvalue weighted by molar-refractivity contribution is 5.33. The summed E-state index contributed by atoms with van der Waals surface area (Å²) in [7, 11) is 0. The van der Waals surface area contributed by atoms with Gasteiger partial charge in [0.1, 0.15) is 5.75 Å². The zero-order valence-electron chi connectivity index (χ0n) is 13.4. The average molecular weight is 291 g/mol. The Morgan fingerprint density at radius 1 is 1.24 bits per heavy atom. The van der Waals surface area contributed by atoms with Crippen LogP contribution in [0.1, 0.15) is 38.7 Å². The van der Waals surface area contributed by atoms with Crippen LogP contribution in [-0.2, 0) is 6.42 Å². The van der Waals surface area contributed by atoms with Crippen LogP contribution in [-0.4, -0.2) is 42.4 Å². The maximum Gasteiger partial charge on any atom is 0.122 e. The molecule has 3 heteroatoms. The summed E-state index contributed by atoms with van der Waals surface area (Å²) in [5.74, 6) is 1.30. The summed E-state index contributed by atoms with van der Waals surface area (Å²) in [5.41, 5.74) is 1.23. The van der Waals surface area contributed by atoms with Gasteiger partial charge in [0.05, 0.1) is 12.7 Å². The van der Waals surface area contributed by atoms with Gasteiger partial charge < -0.3 is 14.7 Å². The summed E-state index contributed by atoms with van der Waals surface area (Å²) >= 11 is 0. The van der Waals surface area contributed by atoms with E-state index in [-0.39, 0.29) is 6.10 Å². The SMILES string of the molecule is CCCOc1ccccc1CC1CN(CCC)CCC1O. The smallest absolute Gasteiger partial charge is 0.122 e. The fraction of sp³-hybridized carbons (Fsp3) is 0.667. The molecule has 118 valence electrons. The molecule has 21 heavy (non-hydrogen) atoms. The minimum Gasteiger partial charge on any atom is -0.493 e. The highest BCUT2D eigenvalue weighted by Crippen LogP contribution is 2.26. The number of piperidine rings is 1. The molecule has 0 aromatic heterocycles. The Morgan fingerprint density at radius 2 is 2.05 bits per heavy atom. The summed E-state index contributed by atoms with van der Waals surface area (Å²) < 4.78 is 5.84. The summed E-state index contributed by atoms with van der Waals surface area (Å²) in [4.78, 5) is 2.48. The lowest BCUT2D eigenvalue weighted by Gasteiger charge is -2.36. The number of aliphatic hydroxyl groups excluding tert-OH is 1. The molecule has 1 saturated heterocycles. The van der Waals surface area contributed by atoms with Crippen LogP contribution in [0, 0.1) is 5.92 Å². The minimum atomic E-state index is -0.183. The quantitative estimate of drug-likeness (QED) is 0.838. The first kappa shape index (κ1) is 16.3. The van der Waals surface area contributed by atoms with E-state index < -0.39 is 0 Å². The van der Waals surface area contributed by atoms with E-state index in [1.807, 2.05) is 12.1 Å². The highest BCUT2D eigenvalue weighted by Gasteiger charge is 2.28. The Hall–Kier alpha value is -1.06. The number of hydrogen-bond donors (Lipinski definition) is 1. The van der Waals surface area contributed by atoms with E-state index in [1.54, 1.807) is 0 Å². The molecule has 2 atom stereocenters. The maximum absolute atomic E-state index is 10.3. The first-order valence-corrected chi connectivity index (χ1v) is 8.35. The van der Waals surface area contributed by atoms with E-state index in [0.717, 1.165) is 51.3 Å². The van der Waals surface area contributed by atoms with Gasteiger partial charge in [0.15, 0.2) is 0 Å². The molecule has 0 amide bonds. The van der Waals surface area contributed by atoms with Crippen LogP contribution in [0.25, 0.3) is 0 Å². The zero-order chi connectivity index (χ0) is 15.1. The van der Waals surface area contributed by atoms with Crippen molar-refractivity contribution < 1.29 is 9.84 Å². The van der Waals surface area contributed by atoms with Crippen molar-refractivity contribution in [2.75, 3.05) is 26.2 Å². The second-order valence-electron chi connectivity index (χ2n) is 6.08. The zero-order valence-corrected chi connectivity index (χ0v) is 13.4. The summed E-state index contributed by atoms with van der Waals surface area (Å²) in [6.45, 7) is 8.25. The number of nitrogens with zero attached hydrogens (tertiary/aromatic N) is 1. The lowest BCUT2D eigenvalue weighted by atomic mass is 9.88. The number of para-hydroxylation sites is 1. The Balaban J connectivity index is 2.02. The topological polar surface area (TPSA) is 32.7 Å². The molecule has 3 nitrogen and oxygen atoms in total. The molecule has 1 aliphatic rings. The molecule has 1 aliphatic heterocycles. The lowest BCUT2D eigenvalue weighted by Crippen LogP contribution is -2.44. The van der Waals surface area contributed by atoms with Crippen LogP contribution in [0.3, 0.4) is 0 Å². The molecule has 0 bridgehead atoms. The van der Waals surface area contributed by atoms with Gasteiger partial charge in [0.25, 0.3) is 0 Å². The average Bonchev–Trinajstić information content (AvgIpc) is 2.50. The molecule has 0 aliphatic carbocycles. The third-order valence-corrected chi connectivity index (χ3v) is 4.23. The summed E-state index contributed by atoms with van der Waals surface area (Å²) in [6, 6.07) is 8.27. The molecule has 0 radical (unpaired) electrons. The van der Waals surface area contributed by atoms with Crippen LogP contribution >= 0.6 is 0 Å². The van der Waals surface area contributed by atoms with Crippen molar-refractivity contribution in [3.05, 3.63) is 29.8 Å². The van der Waals surface area contributed by atoms with Crippen molar-refractivity contribution in [3.63, 3.8) is 0 Å². The van der Waals surface area contributed by atoms with Gasteiger partial charge in [-0.15, -0.1) is 0 Å². The molecular weight excluding hydrogens is 262 g/mol. The molecule has 1 N–H and O–H groups in total. The predicted molar refractivity (Wildman–Crippen MR) is 86.8 cm³/mol. The van der Waals surface area contributed by atoms with Gasteiger partial charge >= 0.3 is 0 Å². The third-order valence-electron chi connectivity index (χ3n) is 4.23. The second-order valence-corrected chi connectivity index (χ2v) is 6.08. The fourth-order valence-corrected chi connectivity index (χ4v) is 3.12. The van der Waals surface area contributed by atoms with Gasteiger partial charge in [0.2, 0.25) is 0 Å². The predicted octanol–water partition coefficient (Wildman–Crippen LogP) is 3.11. The molecule has 1 heterocycles. The van der Waals surface area contributed by atoms with Crippen molar-refractivity contribution >= 4 is 0 Å². The van der Waals surface area contributed by atoms with Crippen LogP contribution in [0.15, 0.2) is 24.3 Å². The Morgan fingerprint density at radius 3 is 2.81 bits per heavy atom. The minimum absolute atomic E-state index is 0.183. The fourth-order valence-electron chi connectivity index (χ4n) is 3.12. The van der Waals surface area contributed by atoms with E-state index in [4.69, 9.17) is 4.74 Å². The van der Waals surface area contributed by atoms with E-state index in [1.165, 1.54) is 12.0 Å². The van der Waals surface area contributed by atoms with Crippen molar-refractivity contribution in [1.82, 2.24) is 4.90 Å². The van der Waals surface area contributed by atoms with Gasteiger partial charge in [-0.05, 0) is 43.9 Å². The van der Waals surface area contributed by atoms with E-state index in [2.05, 4.69) is 30.9 Å². The lowest BCUT2D eigenvalue weighted by molar-refractivity contribution is 0.0268. The van der Waals surface area contributed by atoms with Gasteiger partial charge in [-0.3, -0.25) is 0 Å². The summed E-state index contributed by atoms with van der Waals surface area (Å²) in [6.07, 6.45) is 3.81. The van der Waals surface area contributed by atoms with Gasteiger partial charge in [0, 0.05) is 19.0 Å².